The van der Waals surface area contributed by atoms with Gasteiger partial charge in [-0.15, -0.1) is 0 Å². The monoisotopic (exact) mass is 302 g/mol. The van der Waals surface area contributed by atoms with Crippen molar-refractivity contribution in [2.75, 3.05) is 7.11 Å². The predicted molar refractivity (Wildman–Crippen MR) is 84.1 cm³/mol. The minimum Gasteiger partial charge on any atom is -0.468 e. The molecule has 22 heavy (non-hydrogen) atoms. The molecule has 0 fully saturated rings. The van der Waals surface area contributed by atoms with Crippen LogP contribution in [0.3, 0.4) is 0 Å². The van der Waals surface area contributed by atoms with Gasteiger partial charge in [0, 0.05) is 11.3 Å². The second-order valence-corrected chi connectivity index (χ2v) is 5.82. The number of fused-ring (bicyclic) bond motifs is 1. The molecule has 2 aromatic rings. The molecule has 2 aromatic heterocycles. The van der Waals surface area contributed by atoms with E-state index in [0.717, 1.165) is 29.7 Å². The Hall–Kier alpha value is -2.17. The molecule has 0 unspecified atom stereocenters. The lowest BCUT2D eigenvalue weighted by atomic mass is 9.84. The Kier molecular flexibility index (Phi) is 4.35. The molecule has 0 atom stereocenters. The average Bonchev–Trinajstić information content (AvgIpc) is 2.96. The summed E-state index contributed by atoms with van der Waals surface area (Å²) in [6.45, 7) is 7.24. The molecule has 2 heterocycles. The highest BCUT2D eigenvalue weighted by Gasteiger charge is 2.38. The number of ketones is 1. The van der Waals surface area contributed by atoms with Gasteiger partial charge in [-0.05, 0) is 44.9 Å². The molecule has 118 valence electrons. The van der Waals surface area contributed by atoms with Gasteiger partial charge in [0.05, 0.1) is 18.3 Å². The zero-order chi connectivity index (χ0) is 16.5. The first-order valence-corrected chi connectivity index (χ1v) is 7.50. The molecule has 0 aliphatic heterocycles. The van der Waals surface area contributed by atoms with E-state index in [1.54, 1.807) is 24.4 Å². The highest BCUT2D eigenvalue weighted by molar-refractivity contribution is 6.15. The van der Waals surface area contributed by atoms with E-state index in [9.17, 15) is 9.59 Å². The Balaban J connectivity index is 2.63. The van der Waals surface area contributed by atoms with Gasteiger partial charge in [0.2, 0.25) is 0 Å². The summed E-state index contributed by atoms with van der Waals surface area (Å²) in [6.07, 6.45) is 1.61. The number of Topliss-reactive ketones (excluding diaryl/α,β-unsaturated/α-hetero) is 1. The fourth-order valence-corrected chi connectivity index (χ4v) is 2.49. The maximum Gasteiger partial charge on any atom is 0.319 e. The van der Waals surface area contributed by atoms with E-state index >= 15 is 0 Å². The van der Waals surface area contributed by atoms with E-state index in [1.165, 1.54) is 7.11 Å². The van der Waals surface area contributed by atoms with Gasteiger partial charge in [0.1, 0.15) is 5.41 Å². The lowest BCUT2D eigenvalue weighted by Crippen LogP contribution is -2.34. The Morgan fingerprint density at radius 2 is 1.91 bits per heavy atom. The summed E-state index contributed by atoms with van der Waals surface area (Å²) < 4.78 is 6.56. The number of aryl methyl sites for hydroxylation is 2. The summed E-state index contributed by atoms with van der Waals surface area (Å²) in [5.41, 5.74) is 1.98. The van der Waals surface area contributed by atoms with Crippen LogP contribution in [0.4, 0.5) is 0 Å². The van der Waals surface area contributed by atoms with Crippen molar-refractivity contribution in [3.63, 3.8) is 0 Å². The molecule has 5 nitrogen and oxygen atoms in total. The van der Waals surface area contributed by atoms with Gasteiger partial charge in [0.15, 0.2) is 5.78 Å². The van der Waals surface area contributed by atoms with Crippen LogP contribution in [0.2, 0.25) is 0 Å². The number of carbonyl (C=O) groups excluding carboxylic acids is 2. The third-order valence-electron chi connectivity index (χ3n) is 3.98. The van der Waals surface area contributed by atoms with Crippen LogP contribution in [0.5, 0.6) is 0 Å². The second-order valence-electron chi connectivity index (χ2n) is 5.82. The molecule has 0 aliphatic carbocycles. The van der Waals surface area contributed by atoms with Gasteiger partial charge in [-0.1, -0.05) is 13.8 Å². The van der Waals surface area contributed by atoms with Crippen LogP contribution in [0.1, 0.15) is 49.4 Å². The topological polar surface area (TPSA) is 60.7 Å². The van der Waals surface area contributed by atoms with Crippen molar-refractivity contribution in [3.8, 4) is 0 Å². The molecule has 0 radical (unpaired) electrons. The van der Waals surface area contributed by atoms with Crippen molar-refractivity contribution in [2.45, 2.75) is 40.5 Å². The van der Waals surface area contributed by atoms with Gasteiger partial charge in [-0.3, -0.25) is 9.59 Å². The Morgan fingerprint density at radius 3 is 2.45 bits per heavy atom. The van der Waals surface area contributed by atoms with Gasteiger partial charge < -0.3 is 4.74 Å². The minimum absolute atomic E-state index is 0.255. The van der Waals surface area contributed by atoms with E-state index < -0.39 is 11.4 Å². The van der Waals surface area contributed by atoms with Gasteiger partial charge in [-0.25, -0.2) is 4.52 Å². The van der Waals surface area contributed by atoms with Crippen LogP contribution in [-0.4, -0.2) is 28.5 Å². The third kappa shape index (κ3) is 2.51. The van der Waals surface area contributed by atoms with Crippen LogP contribution in [-0.2, 0) is 22.4 Å². The number of methoxy groups -OCH3 is 1. The number of pyridine rings is 1. The maximum atomic E-state index is 12.8. The van der Waals surface area contributed by atoms with Crippen LogP contribution in [0.15, 0.2) is 18.2 Å². The summed E-state index contributed by atoms with van der Waals surface area (Å²) in [5, 5.41) is 4.54. The molecule has 0 amide bonds. The largest absolute Gasteiger partial charge is 0.468 e. The van der Waals surface area contributed by atoms with E-state index in [-0.39, 0.29) is 5.78 Å². The summed E-state index contributed by atoms with van der Waals surface area (Å²) in [7, 11) is 1.29. The second kappa shape index (κ2) is 5.91. The zero-order valence-electron chi connectivity index (χ0n) is 13.8. The van der Waals surface area contributed by atoms with E-state index in [2.05, 4.69) is 5.10 Å². The molecule has 0 bridgehead atoms. The molecule has 0 aliphatic rings. The van der Waals surface area contributed by atoms with Crippen LogP contribution in [0.25, 0.3) is 5.52 Å². The summed E-state index contributed by atoms with van der Waals surface area (Å²) in [4.78, 5) is 24.7. The Labute approximate surface area is 130 Å². The van der Waals surface area contributed by atoms with Crippen molar-refractivity contribution in [3.05, 3.63) is 35.2 Å². The lowest BCUT2D eigenvalue weighted by Gasteiger charge is -2.20. The van der Waals surface area contributed by atoms with Gasteiger partial charge in [0.25, 0.3) is 0 Å². The smallest absolute Gasteiger partial charge is 0.319 e. The number of ether oxygens (including phenoxy) is 1. The third-order valence-corrected chi connectivity index (χ3v) is 3.98. The molecular weight excluding hydrogens is 280 g/mol. The molecule has 0 spiro atoms. The maximum absolute atomic E-state index is 12.8. The summed E-state index contributed by atoms with van der Waals surface area (Å²) in [6, 6.07) is 5.59. The highest BCUT2D eigenvalue weighted by Crippen LogP contribution is 2.27. The number of hydrogen-bond acceptors (Lipinski definition) is 4. The van der Waals surface area contributed by atoms with Gasteiger partial charge >= 0.3 is 5.97 Å². The standard InChI is InChI=1S/C17H22N2O3/c1-6-11-10-14-13(9-8-12(7-2)19(14)18-11)15(20)17(3,4)16(21)22-5/h8-10H,6-7H2,1-5H3. The van der Waals surface area contributed by atoms with E-state index in [1.807, 2.05) is 26.0 Å². The van der Waals surface area contributed by atoms with Crippen molar-refractivity contribution in [2.24, 2.45) is 5.41 Å². The van der Waals surface area contributed by atoms with Crippen molar-refractivity contribution >= 4 is 17.3 Å². The molecule has 0 saturated carbocycles. The Morgan fingerprint density at radius 1 is 1.23 bits per heavy atom. The number of aromatic nitrogens is 2. The van der Waals surface area contributed by atoms with Crippen LogP contribution >= 0.6 is 0 Å². The number of carbonyl (C=O) groups is 2. The number of hydrogen-bond donors (Lipinski definition) is 0. The van der Waals surface area contributed by atoms with E-state index in [4.69, 9.17) is 4.74 Å². The highest BCUT2D eigenvalue weighted by atomic mass is 16.5. The number of esters is 1. The Bertz CT molecular complexity index is 729. The average molecular weight is 302 g/mol. The first-order chi connectivity index (χ1) is 10.4. The molecular formula is C17H22N2O3. The molecule has 0 N–H and O–H groups in total. The molecule has 0 aromatic carbocycles. The molecule has 2 rings (SSSR count). The normalized spacial score (nSPS) is 11.7. The minimum atomic E-state index is -1.22. The first-order valence-electron chi connectivity index (χ1n) is 7.50. The summed E-state index contributed by atoms with van der Waals surface area (Å²) >= 11 is 0. The molecule has 0 saturated heterocycles. The quantitative estimate of drug-likeness (QED) is 0.484. The van der Waals surface area contributed by atoms with E-state index in [0.29, 0.717) is 5.56 Å². The fraction of sp³-hybridized carbons (Fsp3) is 0.471. The lowest BCUT2D eigenvalue weighted by molar-refractivity contribution is -0.147. The summed E-state index contributed by atoms with van der Waals surface area (Å²) in [5.74, 6) is -0.792. The SMILES string of the molecule is CCc1cc2c(C(=O)C(C)(C)C(=O)OC)ccc(CC)n2n1. The van der Waals surface area contributed by atoms with Crippen LogP contribution < -0.4 is 0 Å². The van der Waals surface area contributed by atoms with Crippen molar-refractivity contribution < 1.29 is 14.3 Å². The number of rotatable bonds is 5. The first kappa shape index (κ1) is 16.2. The predicted octanol–water partition coefficient (Wildman–Crippen LogP) is 2.84. The molecule has 5 heteroatoms. The van der Waals surface area contributed by atoms with Crippen LogP contribution in [0, 0.1) is 5.41 Å². The number of nitrogens with zero attached hydrogens (tertiary/aromatic N) is 2. The van der Waals surface area contributed by atoms with Crippen molar-refractivity contribution in [1.82, 2.24) is 9.61 Å². The van der Waals surface area contributed by atoms with Crippen molar-refractivity contribution in [1.29, 1.82) is 0 Å². The fourth-order valence-electron chi connectivity index (χ4n) is 2.49. The van der Waals surface area contributed by atoms with Gasteiger partial charge in [-0.2, -0.15) is 5.10 Å². The zero-order valence-corrected chi connectivity index (χ0v) is 13.8.